The van der Waals surface area contributed by atoms with Crippen molar-refractivity contribution in [3.8, 4) is 5.75 Å². The first-order valence-electron chi connectivity index (χ1n) is 7.42. The predicted molar refractivity (Wildman–Crippen MR) is 82.0 cm³/mol. The van der Waals surface area contributed by atoms with Crippen molar-refractivity contribution >= 4 is 5.97 Å². The summed E-state index contributed by atoms with van der Waals surface area (Å²) in [7, 11) is 4.19. The van der Waals surface area contributed by atoms with Crippen LogP contribution in [0.25, 0.3) is 0 Å². The topological polar surface area (TPSA) is 53.0 Å². The van der Waals surface area contributed by atoms with Crippen LogP contribution >= 0.6 is 0 Å². The molecule has 0 aromatic heterocycles. The zero-order valence-electron chi connectivity index (χ0n) is 12.8. The Hall–Kier alpha value is -1.59. The summed E-state index contributed by atoms with van der Waals surface area (Å²) < 4.78 is 5.68. The zero-order valence-corrected chi connectivity index (χ0v) is 12.8. The molecule has 0 saturated carbocycles. The number of likely N-dealkylation sites (tertiary alicyclic amines) is 1. The summed E-state index contributed by atoms with van der Waals surface area (Å²) in [5.41, 5.74) is 0.226. The van der Waals surface area contributed by atoms with E-state index in [0.29, 0.717) is 18.4 Å². The molecule has 0 amide bonds. The van der Waals surface area contributed by atoms with E-state index in [-0.39, 0.29) is 5.56 Å². The quantitative estimate of drug-likeness (QED) is 0.830. The second-order valence-corrected chi connectivity index (χ2v) is 5.74. The van der Waals surface area contributed by atoms with Gasteiger partial charge in [-0.2, -0.15) is 0 Å². The molecule has 1 fully saturated rings. The van der Waals surface area contributed by atoms with Crippen LogP contribution in [0.15, 0.2) is 24.3 Å². The van der Waals surface area contributed by atoms with Gasteiger partial charge in [0.1, 0.15) is 17.9 Å². The van der Waals surface area contributed by atoms with Crippen LogP contribution < -0.4 is 4.74 Å². The Bertz CT molecular complexity index is 476. The number of carboxylic acid groups (broad SMARTS) is 1. The summed E-state index contributed by atoms with van der Waals surface area (Å²) in [6, 6.07) is 7.38. The number of likely N-dealkylation sites (N-methyl/N-ethyl adjacent to an activating group) is 1. The van der Waals surface area contributed by atoms with Crippen LogP contribution in [-0.4, -0.2) is 67.3 Å². The summed E-state index contributed by atoms with van der Waals surface area (Å²) in [6.45, 7) is 3.52. The minimum Gasteiger partial charge on any atom is -0.491 e. The average Bonchev–Trinajstić information content (AvgIpc) is 2.86. The minimum atomic E-state index is -0.947. The molecule has 0 radical (unpaired) electrons. The lowest BCUT2D eigenvalue weighted by atomic mass is 10.2. The van der Waals surface area contributed by atoms with Gasteiger partial charge in [0.2, 0.25) is 0 Å². The van der Waals surface area contributed by atoms with Crippen molar-refractivity contribution in [1.82, 2.24) is 9.80 Å². The average molecular weight is 292 g/mol. The predicted octanol–water partition coefficient (Wildman–Crippen LogP) is 1.79. The molecule has 116 valence electrons. The highest BCUT2D eigenvalue weighted by molar-refractivity contribution is 5.90. The monoisotopic (exact) mass is 292 g/mol. The maximum atomic E-state index is 11.1. The highest BCUT2D eigenvalue weighted by atomic mass is 16.5. The fourth-order valence-electron chi connectivity index (χ4n) is 2.86. The van der Waals surface area contributed by atoms with Crippen LogP contribution in [0.4, 0.5) is 0 Å². The third kappa shape index (κ3) is 4.44. The summed E-state index contributed by atoms with van der Waals surface area (Å²) in [6.07, 6.45) is 2.45. The molecule has 2 rings (SSSR count). The Morgan fingerprint density at radius 3 is 2.90 bits per heavy atom. The fraction of sp³-hybridized carbons (Fsp3) is 0.562. The molecule has 5 heteroatoms. The van der Waals surface area contributed by atoms with Crippen molar-refractivity contribution < 1.29 is 14.6 Å². The van der Waals surface area contributed by atoms with E-state index in [2.05, 4.69) is 23.9 Å². The number of rotatable bonds is 7. The SMILES string of the molecule is CN(C)CC1CCCN1CCOc1ccccc1C(=O)O. The molecule has 1 heterocycles. The Labute approximate surface area is 126 Å². The van der Waals surface area contributed by atoms with Crippen LogP contribution in [0.2, 0.25) is 0 Å². The molecule has 1 N–H and O–H groups in total. The molecule has 0 spiro atoms. The highest BCUT2D eigenvalue weighted by Gasteiger charge is 2.24. The molecule has 1 atom stereocenters. The first-order valence-corrected chi connectivity index (χ1v) is 7.42. The van der Waals surface area contributed by atoms with Gasteiger partial charge in [0.05, 0.1) is 0 Å². The van der Waals surface area contributed by atoms with Crippen molar-refractivity contribution in [3.63, 3.8) is 0 Å². The Kier molecular flexibility index (Phi) is 5.59. The van der Waals surface area contributed by atoms with Crippen LogP contribution in [-0.2, 0) is 0 Å². The van der Waals surface area contributed by atoms with E-state index >= 15 is 0 Å². The van der Waals surface area contributed by atoms with Gasteiger partial charge in [-0.3, -0.25) is 4.90 Å². The lowest BCUT2D eigenvalue weighted by Gasteiger charge is -2.26. The van der Waals surface area contributed by atoms with Gasteiger partial charge in [-0.05, 0) is 45.6 Å². The Morgan fingerprint density at radius 2 is 2.19 bits per heavy atom. The van der Waals surface area contributed by atoms with E-state index in [4.69, 9.17) is 9.84 Å². The molecule has 5 nitrogen and oxygen atoms in total. The fourth-order valence-corrected chi connectivity index (χ4v) is 2.86. The minimum absolute atomic E-state index is 0.226. The van der Waals surface area contributed by atoms with Crippen molar-refractivity contribution in [2.45, 2.75) is 18.9 Å². The van der Waals surface area contributed by atoms with Crippen LogP contribution in [0.5, 0.6) is 5.75 Å². The first-order chi connectivity index (χ1) is 10.1. The first kappa shape index (κ1) is 15.8. The van der Waals surface area contributed by atoms with Gasteiger partial charge in [0.15, 0.2) is 0 Å². The zero-order chi connectivity index (χ0) is 15.2. The molecule has 1 aliphatic heterocycles. The van der Waals surface area contributed by atoms with E-state index in [0.717, 1.165) is 19.6 Å². The number of benzene rings is 1. The van der Waals surface area contributed by atoms with Crippen LogP contribution in [0, 0.1) is 0 Å². The lowest BCUT2D eigenvalue weighted by molar-refractivity contribution is 0.0691. The number of aromatic carboxylic acids is 1. The van der Waals surface area contributed by atoms with Gasteiger partial charge < -0.3 is 14.7 Å². The number of ether oxygens (including phenoxy) is 1. The van der Waals surface area contributed by atoms with E-state index in [1.54, 1.807) is 24.3 Å². The lowest BCUT2D eigenvalue weighted by Crippen LogP contribution is -2.39. The third-order valence-electron chi connectivity index (χ3n) is 3.83. The van der Waals surface area contributed by atoms with Gasteiger partial charge in [0.25, 0.3) is 0 Å². The van der Waals surface area contributed by atoms with Crippen LogP contribution in [0.3, 0.4) is 0 Å². The van der Waals surface area contributed by atoms with Gasteiger partial charge in [0, 0.05) is 19.1 Å². The Balaban J connectivity index is 1.85. The maximum absolute atomic E-state index is 11.1. The molecular formula is C16H24N2O3. The summed E-state index contributed by atoms with van der Waals surface area (Å²) in [5, 5.41) is 9.12. The van der Waals surface area contributed by atoms with E-state index < -0.39 is 5.97 Å². The van der Waals surface area contributed by atoms with Crippen molar-refractivity contribution in [2.75, 3.05) is 40.3 Å². The molecule has 1 saturated heterocycles. The van der Waals surface area contributed by atoms with Gasteiger partial charge in [-0.1, -0.05) is 12.1 Å². The largest absolute Gasteiger partial charge is 0.491 e. The number of hydrogen-bond donors (Lipinski definition) is 1. The van der Waals surface area contributed by atoms with Gasteiger partial charge in [-0.15, -0.1) is 0 Å². The second-order valence-electron chi connectivity index (χ2n) is 5.74. The van der Waals surface area contributed by atoms with Crippen molar-refractivity contribution in [2.24, 2.45) is 0 Å². The third-order valence-corrected chi connectivity index (χ3v) is 3.83. The van der Waals surface area contributed by atoms with Crippen LogP contribution in [0.1, 0.15) is 23.2 Å². The molecule has 21 heavy (non-hydrogen) atoms. The second kappa shape index (κ2) is 7.43. The molecule has 0 aliphatic carbocycles. The van der Waals surface area contributed by atoms with Gasteiger partial charge in [-0.25, -0.2) is 4.79 Å². The number of carbonyl (C=O) groups is 1. The number of hydrogen-bond acceptors (Lipinski definition) is 4. The van der Waals surface area contributed by atoms with E-state index in [1.807, 2.05) is 0 Å². The molecule has 1 unspecified atom stereocenters. The van der Waals surface area contributed by atoms with Crippen molar-refractivity contribution in [1.29, 1.82) is 0 Å². The number of para-hydroxylation sites is 1. The molecular weight excluding hydrogens is 268 g/mol. The van der Waals surface area contributed by atoms with Gasteiger partial charge >= 0.3 is 5.97 Å². The number of nitrogens with zero attached hydrogens (tertiary/aromatic N) is 2. The standard InChI is InChI=1S/C16H24N2O3/c1-17(2)12-13-6-5-9-18(13)10-11-21-15-8-4-3-7-14(15)16(19)20/h3-4,7-8,13H,5-6,9-12H2,1-2H3,(H,19,20). The highest BCUT2D eigenvalue weighted by Crippen LogP contribution is 2.20. The summed E-state index contributed by atoms with van der Waals surface area (Å²) in [5.74, 6) is -0.495. The smallest absolute Gasteiger partial charge is 0.339 e. The normalized spacial score (nSPS) is 19.1. The maximum Gasteiger partial charge on any atom is 0.339 e. The summed E-state index contributed by atoms with van der Waals surface area (Å²) >= 11 is 0. The molecule has 0 bridgehead atoms. The molecule has 1 aromatic rings. The van der Waals surface area contributed by atoms with Crippen molar-refractivity contribution in [3.05, 3.63) is 29.8 Å². The molecule has 1 aliphatic rings. The Morgan fingerprint density at radius 1 is 1.43 bits per heavy atom. The van der Waals surface area contributed by atoms with E-state index in [9.17, 15) is 4.79 Å². The van der Waals surface area contributed by atoms with E-state index in [1.165, 1.54) is 12.8 Å². The number of carboxylic acids is 1. The summed E-state index contributed by atoms with van der Waals surface area (Å²) in [4.78, 5) is 15.8. The molecule has 1 aromatic carbocycles.